The zero-order chi connectivity index (χ0) is 19.7. The van der Waals surface area contributed by atoms with Gasteiger partial charge in [0.05, 0.1) is 5.69 Å². The molecule has 0 N–H and O–H groups in total. The first kappa shape index (κ1) is 19.8. The molecule has 0 aliphatic heterocycles. The van der Waals surface area contributed by atoms with Crippen LogP contribution in [0.25, 0.3) is 22.4 Å². The van der Waals surface area contributed by atoms with Crippen molar-refractivity contribution in [2.24, 2.45) is 0 Å². The highest BCUT2D eigenvalue weighted by molar-refractivity contribution is 9.10. The second-order valence-electron chi connectivity index (χ2n) is 8.29. The summed E-state index contributed by atoms with van der Waals surface area (Å²) < 4.78 is 7.47. The second kappa shape index (κ2) is 7.61. The molecule has 0 saturated heterocycles. The summed E-state index contributed by atoms with van der Waals surface area (Å²) in [5, 5.41) is 0.182. The molecule has 0 unspecified atom stereocenters. The van der Waals surface area contributed by atoms with E-state index < -0.39 is 8.32 Å². The van der Waals surface area contributed by atoms with E-state index in [2.05, 4.69) is 109 Å². The van der Waals surface area contributed by atoms with Crippen LogP contribution in [-0.2, 0) is 0 Å². The first-order chi connectivity index (χ1) is 12.7. The maximum atomic E-state index is 6.40. The van der Waals surface area contributed by atoms with Crippen LogP contribution in [-0.4, -0.2) is 13.3 Å². The summed E-state index contributed by atoms with van der Waals surface area (Å²) in [6.07, 6.45) is 1.84. The molecule has 27 heavy (non-hydrogen) atoms. The Bertz CT molecular complexity index is 912. The molecule has 0 aliphatic rings. The van der Waals surface area contributed by atoms with Gasteiger partial charge in [-0.2, -0.15) is 0 Å². The maximum Gasteiger partial charge on any atom is 0.250 e. The highest BCUT2D eigenvalue weighted by atomic mass is 79.9. The van der Waals surface area contributed by atoms with Crippen molar-refractivity contribution in [3.63, 3.8) is 0 Å². The third-order valence-electron chi connectivity index (χ3n) is 5.27. The molecule has 1 aromatic heterocycles. The van der Waals surface area contributed by atoms with E-state index in [1.165, 1.54) is 0 Å². The molecule has 0 saturated carbocycles. The molecular weight excluding hydrogens is 414 g/mol. The van der Waals surface area contributed by atoms with Crippen molar-refractivity contribution in [1.29, 1.82) is 0 Å². The summed E-state index contributed by atoms with van der Waals surface area (Å²) in [7, 11) is -1.83. The molecule has 140 valence electrons. The van der Waals surface area contributed by atoms with Gasteiger partial charge in [-0.15, -0.1) is 0 Å². The third kappa shape index (κ3) is 4.50. The minimum atomic E-state index is -1.83. The van der Waals surface area contributed by atoms with E-state index in [4.69, 9.17) is 4.43 Å². The molecule has 0 radical (unpaired) electrons. The largest absolute Gasteiger partial charge is 0.544 e. The molecule has 2 nitrogen and oxygen atoms in total. The summed E-state index contributed by atoms with van der Waals surface area (Å²) in [4.78, 5) is 4.65. The highest BCUT2D eigenvalue weighted by Gasteiger charge is 2.38. The lowest BCUT2D eigenvalue weighted by Gasteiger charge is -2.36. The molecule has 0 atom stereocenters. The first-order valence-electron chi connectivity index (χ1n) is 9.18. The minimum absolute atomic E-state index is 0.182. The van der Waals surface area contributed by atoms with Crippen LogP contribution in [0.5, 0.6) is 5.75 Å². The SMILES string of the molecule is CC(C)(C)[Si](C)(C)Oc1ccc(-c2ncccc2-c2ccc(Br)cc2)cc1. The van der Waals surface area contributed by atoms with E-state index in [1.807, 2.05) is 12.3 Å². The predicted molar refractivity (Wildman–Crippen MR) is 121 cm³/mol. The van der Waals surface area contributed by atoms with Gasteiger partial charge in [0.1, 0.15) is 5.75 Å². The Morgan fingerprint density at radius 2 is 1.44 bits per heavy atom. The Kier molecular flexibility index (Phi) is 5.59. The van der Waals surface area contributed by atoms with E-state index in [1.54, 1.807) is 0 Å². The van der Waals surface area contributed by atoms with Crippen LogP contribution in [0.2, 0.25) is 18.1 Å². The second-order valence-corrected chi connectivity index (χ2v) is 13.9. The van der Waals surface area contributed by atoms with Gasteiger partial charge in [-0.3, -0.25) is 4.98 Å². The Morgan fingerprint density at radius 3 is 2.04 bits per heavy atom. The number of hydrogen-bond donors (Lipinski definition) is 0. The number of halogens is 1. The number of rotatable bonds is 4. The van der Waals surface area contributed by atoms with Gasteiger partial charge in [-0.05, 0) is 66.2 Å². The average Bonchev–Trinajstić information content (AvgIpc) is 2.62. The van der Waals surface area contributed by atoms with Gasteiger partial charge in [0.15, 0.2) is 0 Å². The zero-order valence-corrected chi connectivity index (χ0v) is 19.2. The van der Waals surface area contributed by atoms with Gasteiger partial charge >= 0.3 is 0 Å². The molecule has 0 aliphatic carbocycles. The van der Waals surface area contributed by atoms with Crippen LogP contribution in [0, 0.1) is 0 Å². The summed E-state index contributed by atoms with van der Waals surface area (Å²) >= 11 is 3.50. The lowest BCUT2D eigenvalue weighted by atomic mass is 9.99. The molecule has 0 bridgehead atoms. The number of benzene rings is 2. The molecule has 3 rings (SSSR count). The molecule has 2 aromatic carbocycles. The molecular formula is C23H26BrNOSi. The Balaban J connectivity index is 1.92. The van der Waals surface area contributed by atoms with Crippen LogP contribution in [0.3, 0.4) is 0 Å². The standard InChI is InChI=1S/C23H26BrNOSi/c1-23(2,3)27(4,5)26-20-14-10-18(11-15-20)22-21(7-6-16-25-22)17-8-12-19(24)13-9-17/h6-16H,1-5H3. The van der Waals surface area contributed by atoms with Crippen molar-refractivity contribution in [2.45, 2.75) is 38.9 Å². The first-order valence-corrected chi connectivity index (χ1v) is 12.9. The Labute approximate surface area is 171 Å². The summed E-state index contributed by atoms with van der Waals surface area (Å²) in [6, 6.07) is 20.8. The van der Waals surface area contributed by atoms with E-state index in [9.17, 15) is 0 Å². The lowest BCUT2D eigenvalue weighted by Crippen LogP contribution is -2.43. The molecule has 0 amide bonds. The Hall–Kier alpha value is -1.91. The van der Waals surface area contributed by atoms with Crippen molar-refractivity contribution >= 4 is 24.2 Å². The number of aromatic nitrogens is 1. The lowest BCUT2D eigenvalue weighted by molar-refractivity contribution is 0.492. The van der Waals surface area contributed by atoms with Gasteiger partial charge in [0, 0.05) is 21.8 Å². The van der Waals surface area contributed by atoms with Crippen LogP contribution in [0.1, 0.15) is 20.8 Å². The van der Waals surface area contributed by atoms with Crippen LogP contribution in [0.4, 0.5) is 0 Å². The quantitative estimate of drug-likeness (QED) is 0.391. The average molecular weight is 440 g/mol. The summed E-state index contributed by atoms with van der Waals surface area (Å²) in [6.45, 7) is 11.3. The zero-order valence-electron chi connectivity index (χ0n) is 16.6. The number of hydrogen-bond acceptors (Lipinski definition) is 2. The smallest absolute Gasteiger partial charge is 0.250 e. The molecule has 4 heteroatoms. The fraction of sp³-hybridized carbons (Fsp3) is 0.261. The molecule has 3 aromatic rings. The summed E-state index contributed by atoms with van der Waals surface area (Å²) in [5.74, 6) is 0.937. The van der Waals surface area contributed by atoms with E-state index >= 15 is 0 Å². The molecule has 0 spiro atoms. The monoisotopic (exact) mass is 439 g/mol. The predicted octanol–water partition coefficient (Wildman–Crippen LogP) is 7.56. The van der Waals surface area contributed by atoms with Crippen molar-refractivity contribution < 1.29 is 4.43 Å². The number of nitrogens with zero attached hydrogens (tertiary/aromatic N) is 1. The summed E-state index contributed by atoms with van der Waals surface area (Å²) in [5.41, 5.74) is 4.36. The van der Waals surface area contributed by atoms with E-state index in [0.717, 1.165) is 32.6 Å². The van der Waals surface area contributed by atoms with Crippen LogP contribution in [0.15, 0.2) is 71.3 Å². The van der Waals surface area contributed by atoms with Gasteiger partial charge in [0.25, 0.3) is 0 Å². The fourth-order valence-corrected chi connectivity index (χ4v) is 3.92. The Morgan fingerprint density at radius 1 is 0.852 bits per heavy atom. The van der Waals surface area contributed by atoms with Gasteiger partial charge < -0.3 is 4.43 Å². The maximum absolute atomic E-state index is 6.40. The highest BCUT2D eigenvalue weighted by Crippen LogP contribution is 2.38. The minimum Gasteiger partial charge on any atom is -0.544 e. The van der Waals surface area contributed by atoms with Gasteiger partial charge in [0.2, 0.25) is 8.32 Å². The molecule has 1 heterocycles. The normalized spacial score (nSPS) is 12.1. The number of pyridine rings is 1. The third-order valence-corrected chi connectivity index (χ3v) is 10.2. The molecule has 0 fully saturated rings. The van der Waals surface area contributed by atoms with Gasteiger partial charge in [-0.1, -0.05) is 54.9 Å². The van der Waals surface area contributed by atoms with Crippen LogP contribution >= 0.6 is 15.9 Å². The van der Waals surface area contributed by atoms with Crippen molar-refractivity contribution in [1.82, 2.24) is 4.98 Å². The van der Waals surface area contributed by atoms with Crippen molar-refractivity contribution in [3.05, 3.63) is 71.3 Å². The van der Waals surface area contributed by atoms with Gasteiger partial charge in [-0.25, -0.2) is 0 Å². The van der Waals surface area contributed by atoms with E-state index in [0.29, 0.717) is 0 Å². The van der Waals surface area contributed by atoms with Crippen molar-refractivity contribution in [2.75, 3.05) is 0 Å². The fourth-order valence-electron chi connectivity index (χ4n) is 2.63. The van der Waals surface area contributed by atoms with Crippen LogP contribution < -0.4 is 4.43 Å². The van der Waals surface area contributed by atoms with Crippen molar-refractivity contribution in [3.8, 4) is 28.1 Å². The van der Waals surface area contributed by atoms with E-state index in [-0.39, 0.29) is 5.04 Å². The topological polar surface area (TPSA) is 22.1 Å².